The van der Waals surface area contributed by atoms with E-state index in [0.29, 0.717) is 11.4 Å². The van der Waals surface area contributed by atoms with Gasteiger partial charge in [0.1, 0.15) is 5.76 Å². The minimum absolute atomic E-state index is 0.00349. The predicted molar refractivity (Wildman–Crippen MR) is 114 cm³/mol. The van der Waals surface area contributed by atoms with Crippen LogP contribution in [0.15, 0.2) is 71.3 Å². The molecule has 162 valence electrons. The zero-order valence-electron chi connectivity index (χ0n) is 17.5. The number of fused-ring (bicyclic) bond motifs is 1. The lowest BCUT2D eigenvalue weighted by Crippen LogP contribution is -2.37. The number of rotatable bonds is 6. The van der Waals surface area contributed by atoms with Crippen LogP contribution >= 0.6 is 0 Å². The summed E-state index contributed by atoms with van der Waals surface area (Å²) in [4.78, 5) is 53.0. The van der Waals surface area contributed by atoms with Crippen LogP contribution < -0.4 is 4.90 Å². The Labute approximate surface area is 184 Å². The number of hydrogen-bond acceptors (Lipinski definition) is 6. The summed E-state index contributed by atoms with van der Waals surface area (Å²) < 4.78 is 10.5. The molecule has 0 aliphatic carbocycles. The first-order valence-electron chi connectivity index (χ1n) is 9.93. The number of amides is 3. The van der Waals surface area contributed by atoms with Gasteiger partial charge in [-0.1, -0.05) is 18.2 Å². The van der Waals surface area contributed by atoms with Crippen LogP contribution in [0.3, 0.4) is 0 Å². The van der Waals surface area contributed by atoms with E-state index >= 15 is 0 Å². The molecule has 1 aromatic heterocycles. The van der Waals surface area contributed by atoms with E-state index in [1.807, 2.05) is 6.07 Å². The summed E-state index contributed by atoms with van der Waals surface area (Å²) in [5.74, 6) is -1.69. The van der Waals surface area contributed by atoms with E-state index < -0.39 is 29.8 Å². The van der Waals surface area contributed by atoms with E-state index in [-0.39, 0.29) is 23.2 Å². The highest BCUT2D eigenvalue weighted by Crippen LogP contribution is 2.26. The van der Waals surface area contributed by atoms with Gasteiger partial charge in [-0.15, -0.1) is 0 Å². The van der Waals surface area contributed by atoms with Gasteiger partial charge in [-0.3, -0.25) is 19.3 Å². The number of benzene rings is 2. The Balaban J connectivity index is 1.47. The summed E-state index contributed by atoms with van der Waals surface area (Å²) in [6, 6.07) is 16.4. The molecule has 0 fully saturated rings. The molecule has 1 aliphatic heterocycles. The number of likely N-dealkylation sites (N-methyl/N-ethyl adjacent to an activating group) is 1. The zero-order chi connectivity index (χ0) is 22.8. The fourth-order valence-corrected chi connectivity index (χ4v) is 3.45. The summed E-state index contributed by atoms with van der Waals surface area (Å²) in [6.07, 6.45) is 0.410. The number of hydrogen-bond donors (Lipinski definition) is 0. The maximum atomic E-state index is 12.7. The second-order valence-electron chi connectivity index (χ2n) is 7.32. The normalized spacial score (nSPS) is 13.6. The molecule has 8 heteroatoms. The summed E-state index contributed by atoms with van der Waals surface area (Å²) >= 11 is 0. The maximum absolute atomic E-state index is 12.7. The first-order chi connectivity index (χ1) is 15.4. The highest BCUT2D eigenvalue weighted by atomic mass is 16.5. The summed E-state index contributed by atoms with van der Waals surface area (Å²) in [5.41, 5.74) is 1.05. The zero-order valence-corrected chi connectivity index (χ0v) is 17.5. The molecule has 0 N–H and O–H groups in total. The fraction of sp³-hybridized carbons (Fsp3) is 0.167. The van der Waals surface area contributed by atoms with E-state index in [0.717, 1.165) is 4.90 Å². The molecule has 3 aromatic rings. The van der Waals surface area contributed by atoms with Crippen LogP contribution in [0.4, 0.5) is 5.69 Å². The second-order valence-corrected chi connectivity index (χ2v) is 7.32. The minimum Gasteiger partial charge on any atom is -0.467 e. The number of furan rings is 1. The van der Waals surface area contributed by atoms with Gasteiger partial charge in [0.25, 0.3) is 17.7 Å². The van der Waals surface area contributed by atoms with Crippen LogP contribution in [-0.2, 0) is 16.1 Å². The van der Waals surface area contributed by atoms with Crippen LogP contribution in [0.25, 0.3) is 0 Å². The van der Waals surface area contributed by atoms with E-state index in [1.165, 1.54) is 36.3 Å². The van der Waals surface area contributed by atoms with Gasteiger partial charge < -0.3 is 14.1 Å². The second kappa shape index (κ2) is 8.50. The number of anilines is 1. The largest absolute Gasteiger partial charge is 0.467 e. The number of carbonyl (C=O) groups excluding carboxylic acids is 4. The van der Waals surface area contributed by atoms with Crippen molar-refractivity contribution >= 4 is 29.4 Å². The van der Waals surface area contributed by atoms with E-state index in [4.69, 9.17) is 9.15 Å². The first-order valence-corrected chi connectivity index (χ1v) is 9.93. The smallest absolute Gasteiger partial charge is 0.338 e. The highest BCUT2D eigenvalue weighted by molar-refractivity contribution is 6.21. The van der Waals surface area contributed by atoms with Gasteiger partial charge in [0.15, 0.2) is 6.10 Å². The van der Waals surface area contributed by atoms with E-state index in [1.54, 1.807) is 43.4 Å². The van der Waals surface area contributed by atoms with E-state index in [9.17, 15) is 19.2 Å². The molecule has 0 radical (unpaired) electrons. The SMILES string of the molecule is C[C@H](OC(=O)c1ccc2c(c1)C(=O)N(Cc1ccco1)C2=O)C(=O)N(C)c1ccccc1. The van der Waals surface area contributed by atoms with Gasteiger partial charge in [0, 0.05) is 12.7 Å². The Bertz CT molecular complexity index is 1190. The lowest BCUT2D eigenvalue weighted by Gasteiger charge is -2.21. The van der Waals surface area contributed by atoms with Crippen molar-refractivity contribution in [2.75, 3.05) is 11.9 Å². The van der Waals surface area contributed by atoms with Crippen molar-refractivity contribution in [1.29, 1.82) is 0 Å². The van der Waals surface area contributed by atoms with Crippen molar-refractivity contribution in [2.24, 2.45) is 0 Å². The van der Waals surface area contributed by atoms with Gasteiger partial charge in [-0.25, -0.2) is 4.79 Å². The monoisotopic (exact) mass is 432 g/mol. The molecule has 0 saturated heterocycles. The standard InChI is InChI=1S/C24H20N2O6/c1-15(21(27)25(2)17-7-4-3-5-8-17)32-24(30)16-10-11-19-20(13-16)23(29)26(22(19)28)14-18-9-6-12-31-18/h3-13,15H,14H2,1-2H3/t15-/m0/s1. The van der Waals surface area contributed by atoms with Crippen LogP contribution in [0.5, 0.6) is 0 Å². The molecule has 8 nitrogen and oxygen atoms in total. The molecule has 1 atom stereocenters. The topological polar surface area (TPSA) is 97.1 Å². The first kappa shape index (κ1) is 21.0. The Hall–Kier alpha value is -4.20. The number of ether oxygens (including phenoxy) is 1. The molecular weight excluding hydrogens is 412 g/mol. The molecule has 0 spiro atoms. The molecule has 2 aromatic carbocycles. The number of nitrogens with zero attached hydrogens (tertiary/aromatic N) is 2. The number of imide groups is 1. The molecule has 0 bridgehead atoms. The van der Waals surface area contributed by atoms with Crippen LogP contribution in [0, 0.1) is 0 Å². The highest BCUT2D eigenvalue weighted by Gasteiger charge is 2.37. The average Bonchev–Trinajstić information content (AvgIpc) is 3.41. The Kier molecular flexibility index (Phi) is 5.59. The molecule has 4 rings (SSSR count). The van der Waals surface area contributed by atoms with Crippen molar-refractivity contribution < 1.29 is 28.3 Å². The lowest BCUT2D eigenvalue weighted by molar-refractivity contribution is -0.126. The van der Waals surface area contributed by atoms with Gasteiger partial charge in [0.2, 0.25) is 0 Å². The lowest BCUT2D eigenvalue weighted by atomic mass is 10.1. The van der Waals surface area contributed by atoms with Crippen molar-refractivity contribution in [3.05, 3.63) is 89.4 Å². The van der Waals surface area contributed by atoms with Crippen molar-refractivity contribution in [3.63, 3.8) is 0 Å². The third-order valence-corrected chi connectivity index (χ3v) is 5.21. The van der Waals surface area contributed by atoms with Crippen LogP contribution in [0.2, 0.25) is 0 Å². The molecule has 3 amide bonds. The average molecular weight is 432 g/mol. The molecule has 2 heterocycles. The molecule has 1 aliphatic rings. The van der Waals surface area contributed by atoms with Gasteiger partial charge in [-0.05, 0) is 49.4 Å². The van der Waals surface area contributed by atoms with E-state index in [2.05, 4.69) is 0 Å². The third kappa shape index (κ3) is 3.90. The van der Waals surface area contributed by atoms with Gasteiger partial charge in [-0.2, -0.15) is 0 Å². The summed E-state index contributed by atoms with van der Waals surface area (Å²) in [6.45, 7) is 1.48. The van der Waals surface area contributed by atoms with Gasteiger partial charge in [0.05, 0.1) is 29.5 Å². The Morgan fingerprint density at radius 2 is 1.72 bits per heavy atom. The molecule has 0 saturated carbocycles. The number of esters is 1. The van der Waals surface area contributed by atoms with Gasteiger partial charge >= 0.3 is 5.97 Å². The minimum atomic E-state index is -1.05. The summed E-state index contributed by atoms with van der Waals surface area (Å²) in [7, 11) is 1.59. The van der Waals surface area contributed by atoms with Crippen molar-refractivity contribution in [3.8, 4) is 0 Å². The summed E-state index contributed by atoms with van der Waals surface area (Å²) in [5, 5.41) is 0. The third-order valence-electron chi connectivity index (χ3n) is 5.21. The quantitative estimate of drug-likeness (QED) is 0.438. The van der Waals surface area contributed by atoms with Crippen LogP contribution in [-0.4, -0.2) is 41.7 Å². The Morgan fingerprint density at radius 1 is 1.00 bits per heavy atom. The van der Waals surface area contributed by atoms with Crippen molar-refractivity contribution in [1.82, 2.24) is 4.90 Å². The molecule has 0 unspecified atom stereocenters. The fourth-order valence-electron chi connectivity index (χ4n) is 3.45. The van der Waals surface area contributed by atoms with Crippen molar-refractivity contribution in [2.45, 2.75) is 19.6 Å². The Morgan fingerprint density at radius 3 is 2.41 bits per heavy atom. The molecule has 32 heavy (non-hydrogen) atoms. The number of para-hydroxylation sites is 1. The maximum Gasteiger partial charge on any atom is 0.338 e. The van der Waals surface area contributed by atoms with Crippen LogP contribution in [0.1, 0.15) is 43.8 Å². The predicted octanol–water partition coefficient (Wildman–Crippen LogP) is 3.28. The molecular formula is C24H20N2O6. The number of carbonyl (C=O) groups is 4.